The maximum atomic E-state index is 11.0. The van der Waals surface area contributed by atoms with Crippen LogP contribution in [0.4, 0.5) is 0 Å². The lowest BCUT2D eigenvalue weighted by molar-refractivity contribution is -0.137. The van der Waals surface area contributed by atoms with E-state index in [0.29, 0.717) is 6.61 Å². The van der Waals surface area contributed by atoms with Gasteiger partial charge in [-0.05, 0) is 39.3 Å². The molecule has 0 rings (SSSR count). The predicted octanol–water partition coefficient (Wildman–Crippen LogP) is 3.02. The summed E-state index contributed by atoms with van der Waals surface area (Å²) in [6, 6.07) is 0. The zero-order chi connectivity index (χ0) is 11.0. The van der Waals surface area contributed by atoms with E-state index in [2.05, 4.69) is 0 Å². The first kappa shape index (κ1) is 12.7. The maximum Gasteiger partial charge on any atom is 0.330 e. The van der Waals surface area contributed by atoms with Crippen molar-refractivity contribution in [3.63, 3.8) is 0 Å². The van der Waals surface area contributed by atoms with Gasteiger partial charge in [0.05, 0.1) is 6.61 Å². The van der Waals surface area contributed by atoms with Gasteiger partial charge in [-0.25, -0.2) is 4.79 Å². The van der Waals surface area contributed by atoms with Crippen LogP contribution in [0.1, 0.15) is 27.7 Å². The van der Waals surface area contributed by atoms with E-state index in [4.69, 9.17) is 4.74 Å². The van der Waals surface area contributed by atoms with Gasteiger partial charge in [0.2, 0.25) is 0 Å². The summed E-state index contributed by atoms with van der Waals surface area (Å²) in [5.74, 6) is -0.296. The van der Waals surface area contributed by atoms with Gasteiger partial charge in [0.25, 0.3) is 0 Å². The molecule has 0 atom stereocenters. The second kappa shape index (κ2) is 7.13. The zero-order valence-corrected chi connectivity index (χ0v) is 9.33. The Hall–Kier alpha value is -1.31. The van der Waals surface area contributed by atoms with Crippen molar-refractivity contribution in [1.29, 1.82) is 0 Å². The lowest BCUT2D eigenvalue weighted by atomic mass is 10.1. The van der Waals surface area contributed by atoms with Gasteiger partial charge < -0.3 is 4.74 Å². The van der Waals surface area contributed by atoms with Crippen molar-refractivity contribution >= 4 is 5.97 Å². The molecule has 0 aromatic carbocycles. The molecular weight excluding hydrogens is 176 g/mol. The lowest BCUT2D eigenvalue weighted by Gasteiger charge is -1.98. The molecule has 0 saturated heterocycles. The van der Waals surface area contributed by atoms with Crippen molar-refractivity contribution in [3.05, 3.63) is 35.5 Å². The molecule has 0 spiro atoms. The highest BCUT2D eigenvalue weighted by atomic mass is 16.5. The molecule has 0 aliphatic carbocycles. The first-order chi connectivity index (χ1) is 6.61. The molecule has 2 heteroatoms. The van der Waals surface area contributed by atoms with Crippen LogP contribution in [-0.4, -0.2) is 12.6 Å². The summed E-state index contributed by atoms with van der Waals surface area (Å²) in [6.45, 7) is 8.16. The summed E-state index contributed by atoms with van der Waals surface area (Å²) in [5.41, 5.74) is 2.21. The van der Waals surface area contributed by atoms with E-state index in [0.717, 1.165) is 5.57 Å². The SMILES string of the molecule is CC=CC(C=CC(=O)OCC)=C(C)C. The van der Waals surface area contributed by atoms with Gasteiger partial charge in [0.1, 0.15) is 0 Å². The van der Waals surface area contributed by atoms with Gasteiger partial charge in [-0.2, -0.15) is 0 Å². The number of esters is 1. The number of hydrogen-bond acceptors (Lipinski definition) is 2. The van der Waals surface area contributed by atoms with E-state index in [1.165, 1.54) is 11.6 Å². The number of carbonyl (C=O) groups is 1. The van der Waals surface area contributed by atoms with Gasteiger partial charge in [-0.1, -0.05) is 17.7 Å². The van der Waals surface area contributed by atoms with E-state index >= 15 is 0 Å². The smallest absolute Gasteiger partial charge is 0.330 e. The van der Waals surface area contributed by atoms with Gasteiger partial charge in [0, 0.05) is 6.08 Å². The monoisotopic (exact) mass is 194 g/mol. The third-order valence-corrected chi connectivity index (χ3v) is 1.61. The second-order valence-electron chi connectivity index (χ2n) is 3.04. The largest absolute Gasteiger partial charge is 0.463 e. The molecule has 0 aliphatic rings. The Kier molecular flexibility index (Phi) is 6.46. The Bertz CT molecular complexity index is 266. The number of carbonyl (C=O) groups excluding carboxylic acids is 1. The third-order valence-electron chi connectivity index (χ3n) is 1.61. The molecule has 78 valence electrons. The van der Waals surface area contributed by atoms with Crippen LogP contribution in [0.5, 0.6) is 0 Å². The molecule has 14 heavy (non-hydrogen) atoms. The minimum absolute atomic E-state index is 0.296. The van der Waals surface area contributed by atoms with Gasteiger partial charge >= 0.3 is 5.97 Å². The molecule has 0 heterocycles. The standard InChI is InChI=1S/C12H18O2/c1-5-7-11(10(3)4)8-9-12(13)14-6-2/h5,7-9H,6H2,1-4H3. The van der Waals surface area contributed by atoms with Gasteiger partial charge in [0.15, 0.2) is 0 Å². The van der Waals surface area contributed by atoms with Gasteiger partial charge in [-0.3, -0.25) is 0 Å². The number of rotatable bonds is 4. The molecule has 0 aliphatic heterocycles. The van der Waals surface area contributed by atoms with Crippen LogP contribution in [0, 0.1) is 0 Å². The van der Waals surface area contributed by atoms with Crippen molar-refractivity contribution in [2.45, 2.75) is 27.7 Å². The maximum absolute atomic E-state index is 11.0. The number of ether oxygens (including phenoxy) is 1. The quantitative estimate of drug-likeness (QED) is 0.390. The molecule has 0 radical (unpaired) electrons. The highest BCUT2D eigenvalue weighted by Crippen LogP contribution is 2.06. The normalized spacial score (nSPS) is 10.9. The third kappa shape index (κ3) is 5.36. The molecule has 0 fully saturated rings. The van der Waals surface area contributed by atoms with Crippen LogP contribution in [0.3, 0.4) is 0 Å². The van der Waals surface area contributed by atoms with E-state index < -0.39 is 0 Å². The summed E-state index contributed by atoms with van der Waals surface area (Å²) in [6.07, 6.45) is 7.13. The fourth-order valence-corrected chi connectivity index (χ4v) is 0.917. The minimum atomic E-state index is -0.296. The van der Waals surface area contributed by atoms with Crippen molar-refractivity contribution < 1.29 is 9.53 Å². The van der Waals surface area contributed by atoms with Crippen LogP contribution < -0.4 is 0 Å². The Morgan fingerprint density at radius 2 is 1.86 bits per heavy atom. The fraction of sp³-hybridized carbons (Fsp3) is 0.417. The fourth-order valence-electron chi connectivity index (χ4n) is 0.917. The molecule has 0 amide bonds. The van der Waals surface area contributed by atoms with Crippen molar-refractivity contribution in [1.82, 2.24) is 0 Å². The van der Waals surface area contributed by atoms with Crippen molar-refractivity contribution in [2.24, 2.45) is 0 Å². The van der Waals surface area contributed by atoms with E-state index in [9.17, 15) is 4.79 Å². The highest BCUT2D eigenvalue weighted by Gasteiger charge is 1.94. The summed E-state index contributed by atoms with van der Waals surface area (Å²) in [4.78, 5) is 11.0. The summed E-state index contributed by atoms with van der Waals surface area (Å²) >= 11 is 0. The highest BCUT2D eigenvalue weighted by molar-refractivity contribution is 5.82. The predicted molar refractivity (Wildman–Crippen MR) is 59.0 cm³/mol. The van der Waals surface area contributed by atoms with E-state index in [-0.39, 0.29) is 5.97 Å². The van der Waals surface area contributed by atoms with Crippen LogP contribution in [-0.2, 0) is 9.53 Å². The first-order valence-electron chi connectivity index (χ1n) is 4.76. The molecule has 0 N–H and O–H groups in total. The zero-order valence-electron chi connectivity index (χ0n) is 9.33. The van der Waals surface area contributed by atoms with Crippen LogP contribution in [0.2, 0.25) is 0 Å². The average Bonchev–Trinajstić information content (AvgIpc) is 2.12. The Labute approximate surface area is 86.0 Å². The summed E-state index contributed by atoms with van der Waals surface area (Å²) in [7, 11) is 0. The van der Waals surface area contributed by atoms with Crippen molar-refractivity contribution in [2.75, 3.05) is 6.61 Å². The topological polar surface area (TPSA) is 26.3 Å². The van der Waals surface area contributed by atoms with Gasteiger partial charge in [-0.15, -0.1) is 0 Å². The average molecular weight is 194 g/mol. The van der Waals surface area contributed by atoms with Crippen LogP contribution in [0.15, 0.2) is 35.5 Å². The Balaban J connectivity index is 4.46. The molecule has 2 nitrogen and oxygen atoms in total. The summed E-state index contributed by atoms with van der Waals surface area (Å²) in [5, 5.41) is 0. The molecule has 0 bridgehead atoms. The molecule has 0 aromatic rings. The molecular formula is C12H18O2. The van der Waals surface area contributed by atoms with Crippen LogP contribution in [0.25, 0.3) is 0 Å². The second-order valence-corrected chi connectivity index (χ2v) is 3.04. The lowest BCUT2D eigenvalue weighted by Crippen LogP contribution is -1.98. The Morgan fingerprint density at radius 1 is 1.21 bits per heavy atom. The molecule has 0 aromatic heterocycles. The van der Waals surface area contributed by atoms with E-state index in [1.807, 2.05) is 32.9 Å². The molecule has 0 unspecified atom stereocenters. The van der Waals surface area contributed by atoms with Crippen LogP contribution >= 0.6 is 0 Å². The van der Waals surface area contributed by atoms with E-state index in [1.54, 1.807) is 13.0 Å². The Morgan fingerprint density at radius 3 is 2.29 bits per heavy atom. The van der Waals surface area contributed by atoms with Crippen molar-refractivity contribution in [3.8, 4) is 0 Å². The number of hydrogen-bond donors (Lipinski definition) is 0. The number of allylic oxidation sites excluding steroid dienone is 5. The molecule has 0 saturated carbocycles. The first-order valence-corrected chi connectivity index (χ1v) is 4.76. The minimum Gasteiger partial charge on any atom is -0.463 e. The summed E-state index contributed by atoms with van der Waals surface area (Å²) < 4.78 is 4.78.